The maximum Gasteiger partial charge on any atom is 0.434 e. The molecular formula is C17H14F3N3O3S. The van der Waals surface area contributed by atoms with Crippen LogP contribution >= 0.6 is 0 Å². The number of ether oxygens (including phenoxy) is 1. The van der Waals surface area contributed by atoms with Crippen molar-refractivity contribution in [2.24, 2.45) is 0 Å². The number of pyridine rings is 1. The fourth-order valence-electron chi connectivity index (χ4n) is 2.42. The SMILES string of the molecule is COc1cncc(-c2nc(C(F)(F)F)cn2-c2ccc(S(C)(=O)=O)cc2)c1. The highest BCUT2D eigenvalue weighted by Crippen LogP contribution is 2.33. The van der Waals surface area contributed by atoms with Crippen LogP contribution in [0.4, 0.5) is 13.2 Å². The quantitative estimate of drug-likeness (QED) is 0.675. The van der Waals surface area contributed by atoms with Crippen molar-refractivity contribution in [3.63, 3.8) is 0 Å². The number of methoxy groups -OCH3 is 1. The molecular weight excluding hydrogens is 383 g/mol. The zero-order valence-corrected chi connectivity index (χ0v) is 15.0. The smallest absolute Gasteiger partial charge is 0.434 e. The summed E-state index contributed by atoms with van der Waals surface area (Å²) >= 11 is 0. The van der Waals surface area contributed by atoms with Crippen LogP contribution in [0.15, 0.2) is 53.8 Å². The van der Waals surface area contributed by atoms with Crippen molar-refractivity contribution < 1.29 is 26.3 Å². The Morgan fingerprint density at radius 3 is 2.33 bits per heavy atom. The van der Waals surface area contributed by atoms with Gasteiger partial charge in [-0.25, -0.2) is 13.4 Å². The molecule has 0 saturated heterocycles. The molecule has 0 saturated carbocycles. The number of nitrogens with zero attached hydrogens (tertiary/aromatic N) is 3. The molecule has 3 aromatic rings. The summed E-state index contributed by atoms with van der Waals surface area (Å²) in [6.07, 6.45) is 0.0479. The first-order valence-electron chi connectivity index (χ1n) is 7.56. The highest BCUT2D eigenvalue weighted by atomic mass is 32.2. The van der Waals surface area contributed by atoms with E-state index in [1.807, 2.05) is 0 Å². The summed E-state index contributed by atoms with van der Waals surface area (Å²) in [7, 11) is -2.01. The van der Waals surface area contributed by atoms with Gasteiger partial charge in [0.05, 0.1) is 18.2 Å². The van der Waals surface area contributed by atoms with E-state index in [1.165, 1.54) is 54.4 Å². The van der Waals surface area contributed by atoms with Gasteiger partial charge in [0.25, 0.3) is 0 Å². The molecule has 2 aromatic heterocycles. The lowest BCUT2D eigenvalue weighted by atomic mass is 10.2. The second kappa shape index (κ2) is 6.69. The minimum Gasteiger partial charge on any atom is -0.495 e. The number of hydrogen-bond acceptors (Lipinski definition) is 5. The number of aromatic nitrogens is 3. The molecule has 0 atom stereocenters. The van der Waals surface area contributed by atoms with Gasteiger partial charge in [0, 0.05) is 29.9 Å². The van der Waals surface area contributed by atoms with E-state index in [1.54, 1.807) is 0 Å². The highest BCUT2D eigenvalue weighted by molar-refractivity contribution is 7.90. The van der Waals surface area contributed by atoms with Gasteiger partial charge < -0.3 is 4.74 Å². The molecule has 0 bridgehead atoms. The Labute approximate surface area is 153 Å². The minimum atomic E-state index is -4.64. The first-order valence-corrected chi connectivity index (χ1v) is 9.45. The maximum absolute atomic E-state index is 13.2. The zero-order chi connectivity index (χ0) is 19.8. The normalized spacial score (nSPS) is 12.2. The number of rotatable bonds is 4. The third kappa shape index (κ3) is 3.95. The fraction of sp³-hybridized carbons (Fsp3) is 0.176. The summed E-state index contributed by atoms with van der Waals surface area (Å²) < 4.78 is 69.0. The summed E-state index contributed by atoms with van der Waals surface area (Å²) in [5, 5.41) is 0. The van der Waals surface area contributed by atoms with Gasteiger partial charge in [-0.2, -0.15) is 13.2 Å². The Kier molecular flexibility index (Phi) is 4.68. The summed E-state index contributed by atoms with van der Waals surface area (Å²) in [6.45, 7) is 0. The summed E-state index contributed by atoms with van der Waals surface area (Å²) in [5.74, 6) is 0.365. The number of hydrogen-bond donors (Lipinski definition) is 0. The first kappa shape index (κ1) is 18.9. The van der Waals surface area contributed by atoms with E-state index >= 15 is 0 Å². The molecule has 2 heterocycles. The van der Waals surface area contributed by atoms with Gasteiger partial charge in [0.2, 0.25) is 0 Å². The number of imidazole rings is 1. The average molecular weight is 397 g/mol. The Morgan fingerprint density at radius 1 is 1.11 bits per heavy atom. The second-order valence-electron chi connectivity index (χ2n) is 5.70. The molecule has 10 heteroatoms. The van der Waals surface area contributed by atoms with Crippen LogP contribution in [-0.2, 0) is 16.0 Å². The molecule has 1 aromatic carbocycles. The lowest BCUT2D eigenvalue weighted by Crippen LogP contribution is -2.05. The molecule has 0 fully saturated rings. The lowest BCUT2D eigenvalue weighted by Gasteiger charge is -2.09. The van der Waals surface area contributed by atoms with Crippen LogP contribution in [0.5, 0.6) is 5.75 Å². The molecule has 142 valence electrons. The Morgan fingerprint density at radius 2 is 1.78 bits per heavy atom. The van der Waals surface area contributed by atoms with E-state index in [0.29, 0.717) is 17.0 Å². The van der Waals surface area contributed by atoms with E-state index in [4.69, 9.17) is 4.74 Å². The van der Waals surface area contributed by atoms with Crippen molar-refractivity contribution in [1.29, 1.82) is 0 Å². The number of halogens is 3. The van der Waals surface area contributed by atoms with E-state index in [2.05, 4.69) is 9.97 Å². The van der Waals surface area contributed by atoms with E-state index in [0.717, 1.165) is 12.5 Å². The van der Waals surface area contributed by atoms with Crippen molar-refractivity contribution in [3.05, 3.63) is 54.6 Å². The Hall–Kier alpha value is -2.88. The molecule has 0 radical (unpaired) electrons. The lowest BCUT2D eigenvalue weighted by molar-refractivity contribution is -0.140. The van der Waals surface area contributed by atoms with Gasteiger partial charge in [0.15, 0.2) is 15.5 Å². The zero-order valence-electron chi connectivity index (χ0n) is 14.2. The Balaban J connectivity index is 2.17. The standard InChI is InChI=1S/C17H14F3N3O3S/c1-26-13-7-11(8-21-9-13)16-22-15(17(18,19)20)10-23(16)12-3-5-14(6-4-12)27(2,24)25/h3-10H,1-2H3. The molecule has 0 aliphatic carbocycles. The van der Waals surface area contributed by atoms with Gasteiger partial charge >= 0.3 is 6.18 Å². The van der Waals surface area contributed by atoms with E-state index in [-0.39, 0.29) is 10.7 Å². The molecule has 0 spiro atoms. The number of sulfone groups is 1. The van der Waals surface area contributed by atoms with Gasteiger partial charge in [-0.05, 0) is 30.3 Å². The molecule has 3 rings (SSSR count). The summed E-state index contributed by atoms with van der Waals surface area (Å²) in [5.41, 5.74) is -0.437. The van der Waals surface area contributed by atoms with Crippen LogP contribution in [0.3, 0.4) is 0 Å². The van der Waals surface area contributed by atoms with Gasteiger partial charge in [-0.3, -0.25) is 9.55 Å². The van der Waals surface area contributed by atoms with Crippen LogP contribution in [-0.4, -0.2) is 36.3 Å². The first-order chi connectivity index (χ1) is 12.6. The Bertz CT molecular complexity index is 1070. The molecule has 27 heavy (non-hydrogen) atoms. The third-order valence-electron chi connectivity index (χ3n) is 3.75. The third-order valence-corrected chi connectivity index (χ3v) is 4.87. The van der Waals surface area contributed by atoms with Crippen molar-refractivity contribution in [3.8, 4) is 22.8 Å². The predicted molar refractivity (Wildman–Crippen MR) is 91.5 cm³/mol. The topological polar surface area (TPSA) is 74.1 Å². The second-order valence-corrected chi connectivity index (χ2v) is 7.71. The van der Waals surface area contributed by atoms with Crippen molar-refractivity contribution >= 4 is 9.84 Å². The minimum absolute atomic E-state index is 0.000769. The van der Waals surface area contributed by atoms with Crippen LogP contribution in [0.25, 0.3) is 17.1 Å². The van der Waals surface area contributed by atoms with Crippen molar-refractivity contribution in [2.75, 3.05) is 13.4 Å². The monoisotopic (exact) mass is 397 g/mol. The molecule has 0 amide bonds. The van der Waals surface area contributed by atoms with Crippen LogP contribution in [0.2, 0.25) is 0 Å². The number of alkyl halides is 3. The molecule has 0 aliphatic rings. The van der Waals surface area contributed by atoms with Gasteiger partial charge in [-0.1, -0.05) is 0 Å². The number of benzene rings is 1. The van der Waals surface area contributed by atoms with Crippen LogP contribution in [0, 0.1) is 0 Å². The van der Waals surface area contributed by atoms with Crippen LogP contribution in [0.1, 0.15) is 5.69 Å². The van der Waals surface area contributed by atoms with Gasteiger partial charge in [-0.15, -0.1) is 0 Å². The summed E-state index contributed by atoms with van der Waals surface area (Å²) in [4.78, 5) is 7.71. The molecule has 6 nitrogen and oxygen atoms in total. The van der Waals surface area contributed by atoms with Gasteiger partial charge in [0.1, 0.15) is 11.6 Å². The largest absolute Gasteiger partial charge is 0.495 e. The van der Waals surface area contributed by atoms with Crippen molar-refractivity contribution in [2.45, 2.75) is 11.1 Å². The van der Waals surface area contributed by atoms with E-state index < -0.39 is 21.7 Å². The summed E-state index contributed by atoms with van der Waals surface area (Å²) in [6, 6.07) is 6.98. The van der Waals surface area contributed by atoms with E-state index in [9.17, 15) is 21.6 Å². The average Bonchev–Trinajstić information content (AvgIpc) is 3.07. The maximum atomic E-state index is 13.2. The fourth-order valence-corrected chi connectivity index (χ4v) is 3.05. The molecule has 0 unspecified atom stereocenters. The highest BCUT2D eigenvalue weighted by Gasteiger charge is 2.35. The molecule has 0 N–H and O–H groups in total. The molecule has 0 aliphatic heterocycles. The van der Waals surface area contributed by atoms with Crippen molar-refractivity contribution in [1.82, 2.24) is 14.5 Å². The van der Waals surface area contributed by atoms with Crippen LogP contribution < -0.4 is 4.74 Å². The predicted octanol–water partition coefficient (Wildman–Crippen LogP) is 3.37.